The minimum absolute atomic E-state index is 0.127. The fourth-order valence-electron chi connectivity index (χ4n) is 1.86. The number of aryl methyl sites for hydroxylation is 1. The van der Waals surface area contributed by atoms with Crippen LogP contribution in [-0.2, 0) is 6.54 Å². The minimum Gasteiger partial charge on any atom is -0.378 e. The van der Waals surface area contributed by atoms with Gasteiger partial charge in [0.25, 0.3) is 0 Å². The van der Waals surface area contributed by atoms with Crippen molar-refractivity contribution in [2.45, 2.75) is 13.5 Å². The SMILES string of the molecule is Cc1cc(Cl)ccc1CNc1cc([N+](=O)[O-])c(F)cc1F. The minimum atomic E-state index is -1.20. The molecule has 2 aromatic rings. The van der Waals surface area contributed by atoms with Gasteiger partial charge in [0.15, 0.2) is 0 Å². The Morgan fingerprint density at radius 1 is 1.24 bits per heavy atom. The molecule has 7 heteroatoms. The van der Waals surface area contributed by atoms with Gasteiger partial charge in [0, 0.05) is 23.7 Å². The number of rotatable bonds is 4. The summed E-state index contributed by atoms with van der Waals surface area (Å²) in [6.07, 6.45) is 0. The van der Waals surface area contributed by atoms with Crippen molar-refractivity contribution >= 4 is 23.0 Å². The first-order valence-corrected chi connectivity index (χ1v) is 6.38. The highest BCUT2D eigenvalue weighted by Gasteiger charge is 2.18. The summed E-state index contributed by atoms with van der Waals surface area (Å²) in [5, 5.41) is 14.0. The van der Waals surface area contributed by atoms with Crippen LogP contribution in [-0.4, -0.2) is 4.92 Å². The molecule has 2 rings (SSSR count). The van der Waals surface area contributed by atoms with Gasteiger partial charge < -0.3 is 5.32 Å². The van der Waals surface area contributed by atoms with E-state index in [9.17, 15) is 18.9 Å². The van der Waals surface area contributed by atoms with Crippen LogP contribution in [0, 0.1) is 28.7 Å². The molecule has 0 radical (unpaired) electrons. The van der Waals surface area contributed by atoms with Crippen molar-refractivity contribution in [3.63, 3.8) is 0 Å². The molecule has 0 aliphatic rings. The average Bonchev–Trinajstić information content (AvgIpc) is 2.39. The summed E-state index contributed by atoms with van der Waals surface area (Å²) in [6, 6.07) is 6.54. The fourth-order valence-corrected chi connectivity index (χ4v) is 2.09. The van der Waals surface area contributed by atoms with E-state index in [1.54, 1.807) is 18.2 Å². The molecule has 4 nitrogen and oxygen atoms in total. The largest absolute Gasteiger partial charge is 0.378 e. The number of nitro groups is 1. The Hall–Kier alpha value is -2.21. The molecule has 0 heterocycles. The van der Waals surface area contributed by atoms with E-state index in [1.165, 1.54) is 0 Å². The Morgan fingerprint density at radius 2 is 1.95 bits per heavy atom. The van der Waals surface area contributed by atoms with E-state index >= 15 is 0 Å². The summed E-state index contributed by atoms with van der Waals surface area (Å²) in [5.41, 5.74) is 0.849. The van der Waals surface area contributed by atoms with Crippen LogP contribution in [0.2, 0.25) is 5.02 Å². The lowest BCUT2D eigenvalue weighted by molar-refractivity contribution is -0.387. The molecule has 21 heavy (non-hydrogen) atoms. The standard InChI is InChI=1S/C14H11ClF2N2O2/c1-8-4-10(15)3-2-9(8)7-18-13-6-14(19(20)21)12(17)5-11(13)16/h2-6,18H,7H2,1H3. The Bertz CT molecular complexity index is 708. The molecule has 0 fully saturated rings. The molecule has 0 saturated carbocycles. The van der Waals surface area contributed by atoms with Gasteiger partial charge in [-0.25, -0.2) is 4.39 Å². The Labute approximate surface area is 124 Å². The predicted molar refractivity (Wildman–Crippen MR) is 76.5 cm³/mol. The second kappa shape index (κ2) is 6.05. The van der Waals surface area contributed by atoms with E-state index in [2.05, 4.69) is 5.32 Å². The van der Waals surface area contributed by atoms with Crippen molar-refractivity contribution < 1.29 is 13.7 Å². The Kier molecular flexibility index (Phi) is 4.37. The number of hydrogen-bond acceptors (Lipinski definition) is 3. The first-order chi connectivity index (χ1) is 9.88. The highest BCUT2D eigenvalue weighted by Crippen LogP contribution is 2.26. The monoisotopic (exact) mass is 312 g/mol. The molecule has 0 aliphatic heterocycles. The number of nitrogens with one attached hydrogen (secondary N) is 1. The molecule has 0 amide bonds. The van der Waals surface area contributed by atoms with E-state index in [0.717, 1.165) is 17.2 Å². The predicted octanol–water partition coefficient (Wildman–Crippen LogP) is 4.45. The summed E-state index contributed by atoms with van der Waals surface area (Å²) >= 11 is 5.84. The molecule has 0 aromatic heterocycles. The summed E-state index contributed by atoms with van der Waals surface area (Å²) < 4.78 is 26.8. The van der Waals surface area contributed by atoms with Crippen LogP contribution in [0.15, 0.2) is 30.3 Å². The van der Waals surface area contributed by atoms with Gasteiger partial charge in [-0.15, -0.1) is 0 Å². The van der Waals surface area contributed by atoms with Gasteiger partial charge in [-0.3, -0.25) is 10.1 Å². The number of nitrogens with zero attached hydrogens (tertiary/aromatic N) is 1. The van der Waals surface area contributed by atoms with Crippen LogP contribution in [0.1, 0.15) is 11.1 Å². The zero-order chi connectivity index (χ0) is 15.6. The van der Waals surface area contributed by atoms with Crippen LogP contribution in [0.5, 0.6) is 0 Å². The molecule has 110 valence electrons. The number of halogens is 3. The summed E-state index contributed by atoms with van der Waals surface area (Å²) in [6.45, 7) is 2.08. The van der Waals surface area contributed by atoms with E-state index in [-0.39, 0.29) is 12.2 Å². The third-order valence-electron chi connectivity index (χ3n) is 3.01. The van der Waals surface area contributed by atoms with Crippen molar-refractivity contribution in [3.05, 3.63) is 68.2 Å². The van der Waals surface area contributed by atoms with Crippen molar-refractivity contribution in [1.82, 2.24) is 0 Å². The highest BCUT2D eigenvalue weighted by atomic mass is 35.5. The molecular weight excluding hydrogens is 302 g/mol. The molecule has 0 aliphatic carbocycles. The van der Waals surface area contributed by atoms with E-state index < -0.39 is 22.2 Å². The number of anilines is 1. The van der Waals surface area contributed by atoms with Gasteiger partial charge in [-0.05, 0) is 30.2 Å². The summed E-state index contributed by atoms with van der Waals surface area (Å²) in [4.78, 5) is 9.76. The quantitative estimate of drug-likeness (QED) is 0.670. The maximum absolute atomic E-state index is 13.6. The van der Waals surface area contributed by atoms with Gasteiger partial charge in [-0.1, -0.05) is 17.7 Å². The number of hydrogen-bond donors (Lipinski definition) is 1. The third kappa shape index (κ3) is 3.46. The van der Waals surface area contributed by atoms with Crippen LogP contribution in [0.4, 0.5) is 20.2 Å². The average molecular weight is 313 g/mol. The molecule has 0 unspecified atom stereocenters. The number of nitro benzene ring substituents is 1. The zero-order valence-corrected chi connectivity index (χ0v) is 11.7. The van der Waals surface area contributed by atoms with Gasteiger partial charge in [0.05, 0.1) is 10.6 Å². The molecule has 0 atom stereocenters. The third-order valence-corrected chi connectivity index (χ3v) is 3.24. The number of benzene rings is 2. The van der Waals surface area contributed by atoms with Gasteiger partial charge in [-0.2, -0.15) is 4.39 Å². The van der Waals surface area contributed by atoms with Crippen LogP contribution in [0.3, 0.4) is 0 Å². The molecule has 0 saturated heterocycles. The lowest BCUT2D eigenvalue weighted by Crippen LogP contribution is -2.05. The fraction of sp³-hybridized carbons (Fsp3) is 0.143. The molecule has 0 bridgehead atoms. The van der Waals surface area contributed by atoms with Crippen molar-refractivity contribution in [3.8, 4) is 0 Å². The molecule has 0 spiro atoms. The zero-order valence-electron chi connectivity index (χ0n) is 11.0. The van der Waals surface area contributed by atoms with Crippen molar-refractivity contribution in [2.24, 2.45) is 0 Å². The van der Waals surface area contributed by atoms with E-state index in [4.69, 9.17) is 11.6 Å². The maximum Gasteiger partial charge on any atom is 0.307 e. The first-order valence-electron chi connectivity index (χ1n) is 6.01. The van der Waals surface area contributed by atoms with Gasteiger partial charge >= 0.3 is 5.69 Å². The Balaban J connectivity index is 2.23. The van der Waals surface area contributed by atoms with Crippen molar-refractivity contribution in [1.29, 1.82) is 0 Å². The van der Waals surface area contributed by atoms with Gasteiger partial charge in [0.2, 0.25) is 5.82 Å². The summed E-state index contributed by atoms with van der Waals surface area (Å²) in [5.74, 6) is -2.09. The van der Waals surface area contributed by atoms with Crippen LogP contribution in [0.25, 0.3) is 0 Å². The van der Waals surface area contributed by atoms with Crippen LogP contribution < -0.4 is 5.32 Å². The lowest BCUT2D eigenvalue weighted by atomic mass is 10.1. The smallest absolute Gasteiger partial charge is 0.307 e. The van der Waals surface area contributed by atoms with Crippen LogP contribution >= 0.6 is 11.6 Å². The molecule has 2 aromatic carbocycles. The van der Waals surface area contributed by atoms with Gasteiger partial charge in [0.1, 0.15) is 5.82 Å². The molecular formula is C14H11ClF2N2O2. The first kappa shape index (κ1) is 15.2. The van der Waals surface area contributed by atoms with E-state index in [1.807, 2.05) is 6.92 Å². The highest BCUT2D eigenvalue weighted by molar-refractivity contribution is 6.30. The summed E-state index contributed by atoms with van der Waals surface area (Å²) in [7, 11) is 0. The topological polar surface area (TPSA) is 55.2 Å². The second-order valence-electron chi connectivity index (χ2n) is 4.46. The van der Waals surface area contributed by atoms with E-state index in [0.29, 0.717) is 11.1 Å². The lowest BCUT2D eigenvalue weighted by Gasteiger charge is -2.10. The Morgan fingerprint density at radius 3 is 2.57 bits per heavy atom. The maximum atomic E-state index is 13.6. The van der Waals surface area contributed by atoms with Crippen molar-refractivity contribution in [2.75, 3.05) is 5.32 Å². The second-order valence-corrected chi connectivity index (χ2v) is 4.90. The molecule has 1 N–H and O–H groups in total. The normalized spacial score (nSPS) is 10.5.